The van der Waals surface area contributed by atoms with E-state index in [1.807, 2.05) is 6.92 Å². The number of nitrogens with zero attached hydrogens (tertiary/aromatic N) is 1. The van der Waals surface area contributed by atoms with Gasteiger partial charge in [0.15, 0.2) is 0 Å². The van der Waals surface area contributed by atoms with Crippen LogP contribution in [0.2, 0.25) is 5.02 Å². The predicted octanol–water partition coefficient (Wildman–Crippen LogP) is 2.92. The van der Waals surface area contributed by atoms with Crippen molar-refractivity contribution in [1.29, 1.82) is 0 Å². The molecule has 0 saturated carbocycles. The summed E-state index contributed by atoms with van der Waals surface area (Å²) in [5, 5.41) is 9.36. The van der Waals surface area contributed by atoms with E-state index < -0.39 is 17.6 Å². The Balaban J connectivity index is 2.26. The zero-order valence-corrected chi connectivity index (χ0v) is 11.2. The second kappa shape index (κ2) is 5.09. The highest BCUT2D eigenvalue weighted by Gasteiger charge is 2.44. The van der Waals surface area contributed by atoms with Crippen LogP contribution in [0.4, 0.5) is 10.5 Å². The fourth-order valence-electron chi connectivity index (χ4n) is 2.13. The predicted molar refractivity (Wildman–Crippen MR) is 70.6 cm³/mol. The van der Waals surface area contributed by atoms with Crippen molar-refractivity contribution in [2.24, 2.45) is 0 Å². The number of cyclic esters (lactones) is 1. The average molecular weight is 284 g/mol. The Labute approximate surface area is 115 Å². The van der Waals surface area contributed by atoms with Gasteiger partial charge in [-0.2, -0.15) is 0 Å². The maximum absolute atomic E-state index is 11.8. The molecule has 1 amide bonds. The van der Waals surface area contributed by atoms with Crippen molar-refractivity contribution in [2.45, 2.75) is 25.3 Å². The molecular formula is C13H14ClNO4. The number of halogens is 1. The highest BCUT2D eigenvalue weighted by Crippen LogP contribution is 2.34. The van der Waals surface area contributed by atoms with E-state index in [9.17, 15) is 9.59 Å². The fraction of sp³-hybridized carbons (Fsp3) is 0.385. The van der Waals surface area contributed by atoms with E-state index in [0.717, 1.165) is 0 Å². The molecule has 0 aromatic heterocycles. The minimum Gasteiger partial charge on any atom is -0.481 e. The van der Waals surface area contributed by atoms with Crippen LogP contribution in [-0.2, 0) is 9.53 Å². The number of ether oxygens (including phenoxy) is 1. The third-order valence-electron chi connectivity index (χ3n) is 3.19. The monoisotopic (exact) mass is 283 g/mol. The number of carbonyl (C=O) groups excluding carboxylic acids is 1. The number of carbonyl (C=O) groups is 2. The summed E-state index contributed by atoms with van der Waals surface area (Å²) in [5.41, 5.74) is 0.00308. The number of hydrogen-bond acceptors (Lipinski definition) is 3. The number of amides is 1. The van der Waals surface area contributed by atoms with Crippen molar-refractivity contribution >= 4 is 29.4 Å². The lowest BCUT2D eigenvalue weighted by Gasteiger charge is -2.31. The first kappa shape index (κ1) is 13.7. The van der Waals surface area contributed by atoms with Gasteiger partial charge in [0.2, 0.25) is 0 Å². The molecule has 0 aliphatic carbocycles. The van der Waals surface area contributed by atoms with Crippen LogP contribution in [0.5, 0.6) is 0 Å². The van der Waals surface area contributed by atoms with Crippen molar-refractivity contribution < 1.29 is 19.4 Å². The first-order valence-corrected chi connectivity index (χ1v) is 6.24. The molecule has 0 spiro atoms. The lowest BCUT2D eigenvalue weighted by Crippen LogP contribution is -2.45. The Morgan fingerprint density at radius 3 is 2.68 bits per heavy atom. The first-order valence-electron chi connectivity index (χ1n) is 5.87. The lowest BCUT2D eigenvalue weighted by atomic mass is 9.95. The molecule has 1 atom stereocenters. The Morgan fingerprint density at radius 2 is 2.11 bits per heavy atom. The molecule has 1 aromatic carbocycles. The summed E-state index contributed by atoms with van der Waals surface area (Å²) in [6.45, 7) is 2.00. The summed E-state index contributed by atoms with van der Waals surface area (Å²) in [5.74, 6) is -0.892. The van der Waals surface area contributed by atoms with E-state index in [0.29, 0.717) is 17.1 Å². The number of benzene rings is 1. The SMILES string of the molecule is CC1(CCC(=O)O)COC(=O)N1c1ccc(Cl)cc1. The highest BCUT2D eigenvalue weighted by molar-refractivity contribution is 6.30. The van der Waals surface area contributed by atoms with Gasteiger partial charge in [-0.1, -0.05) is 11.6 Å². The van der Waals surface area contributed by atoms with Crippen LogP contribution in [0, 0.1) is 0 Å². The Morgan fingerprint density at radius 1 is 1.47 bits per heavy atom. The summed E-state index contributed by atoms with van der Waals surface area (Å²) in [6, 6.07) is 6.79. The smallest absolute Gasteiger partial charge is 0.415 e. The Hall–Kier alpha value is -1.75. The van der Waals surface area contributed by atoms with Gasteiger partial charge in [-0.25, -0.2) is 4.79 Å². The molecule has 1 fully saturated rings. The second-order valence-electron chi connectivity index (χ2n) is 4.76. The van der Waals surface area contributed by atoms with E-state index >= 15 is 0 Å². The molecule has 1 aromatic rings. The summed E-state index contributed by atoms with van der Waals surface area (Å²) in [7, 11) is 0. The molecule has 5 nitrogen and oxygen atoms in total. The molecule has 0 radical (unpaired) electrons. The zero-order chi connectivity index (χ0) is 14.0. The van der Waals surface area contributed by atoms with Gasteiger partial charge in [0.25, 0.3) is 0 Å². The highest BCUT2D eigenvalue weighted by atomic mass is 35.5. The van der Waals surface area contributed by atoms with Crippen LogP contribution in [0.3, 0.4) is 0 Å². The van der Waals surface area contributed by atoms with E-state index in [4.69, 9.17) is 21.4 Å². The van der Waals surface area contributed by atoms with Gasteiger partial charge < -0.3 is 9.84 Å². The van der Waals surface area contributed by atoms with Crippen molar-refractivity contribution in [3.63, 3.8) is 0 Å². The van der Waals surface area contributed by atoms with Gasteiger partial charge in [-0.3, -0.25) is 9.69 Å². The van der Waals surface area contributed by atoms with Crippen molar-refractivity contribution in [3.05, 3.63) is 29.3 Å². The maximum atomic E-state index is 11.8. The first-order chi connectivity index (χ1) is 8.92. The number of anilines is 1. The van der Waals surface area contributed by atoms with Gasteiger partial charge >= 0.3 is 12.1 Å². The summed E-state index contributed by atoms with van der Waals surface area (Å²) in [6.07, 6.45) is -0.149. The Bertz CT molecular complexity index is 502. The van der Waals surface area contributed by atoms with Crippen LogP contribution in [0.25, 0.3) is 0 Å². The average Bonchev–Trinajstić information content (AvgIpc) is 2.65. The molecule has 2 rings (SSSR count). The molecule has 1 unspecified atom stereocenters. The van der Waals surface area contributed by atoms with Crippen molar-refractivity contribution in [2.75, 3.05) is 11.5 Å². The van der Waals surface area contributed by atoms with Crippen molar-refractivity contribution in [3.8, 4) is 0 Å². The van der Waals surface area contributed by atoms with Crippen LogP contribution in [0.15, 0.2) is 24.3 Å². The minimum absolute atomic E-state index is 0.0166. The third-order valence-corrected chi connectivity index (χ3v) is 3.44. The summed E-state index contributed by atoms with van der Waals surface area (Å²) in [4.78, 5) is 24.0. The molecule has 1 N–H and O–H groups in total. The molecule has 1 aliphatic heterocycles. The molecule has 1 aliphatic rings. The number of aliphatic carboxylic acids is 1. The molecule has 19 heavy (non-hydrogen) atoms. The van der Waals surface area contributed by atoms with Crippen LogP contribution < -0.4 is 4.90 Å². The largest absolute Gasteiger partial charge is 0.481 e. The van der Waals surface area contributed by atoms with Crippen molar-refractivity contribution in [1.82, 2.24) is 0 Å². The number of carboxylic acid groups (broad SMARTS) is 1. The van der Waals surface area contributed by atoms with Gasteiger partial charge in [-0.05, 0) is 37.6 Å². The molecule has 1 saturated heterocycles. The third kappa shape index (κ3) is 2.81. The number of hydrogen-bond donors (Lipinski definition) is 1. The van der Waals surface area contributed by atoms with Gasteiger partial charge in [0, 0.05) is 17.1 Å². The molecular weight excluding hydrogens is 270 g/mol. The topological polar surface area (TPSA) is 66.8 Å². The van der Waals surface area contributed by atoms with E-state index in [1.165, 1.54) is 4.90 Å². The standard InChI is InChI=1S/C13H14ClNO4/c1-13(7-6-11(16)17)8-19-12(18)15(13)10-4-2-9(14)3-5-10/h2-5H,6-8H2,1H3,(H,16,17). The molecule has 0 bridgehead atoms. The van der Waals surface area contributed by atoms with Gasteiger partial charge in [0.1, 0.15) is 6.61 Å². The maximum Gasteiger partial charge on any atom is 0.415 e. The summed E-state index contributed by atoms with van der Waals surface area (Å²) >= 11 is 5.82. The molecule has 6 heteroatoms. The van der Waals surface area contributed by atoms with Crippen LogP contribution >= 0.6 is 11.6 Å². The van der Waals surface area contributed by atoms with E-state index in [2.05, 4.69) is 0 Å². The van der Waals surface area contributed by atoms with Crippen LogP contribution in [0.1, 0.15) is 19.8 Å². The zero-order valence-electron chi connectivity index (χ0n) is 10.4. The fourth-order valence-corrected chi connectivity index (χ4v) is 2.26. The Kier molecular flexibility index (Phi) is 3.66. The summed E-state index contributed by atoms with van der Waals surface area (Å²) < 4.78 is 5.06. The molecule has 102 valence electrons. The van der Waals surface area contributed by atoms with Gasteiger partial charge in [-0.15, -0.1) is 0 Å². The van der Waals surface area contributed by atoms with E-state index in [1.54, 1.807) is 24.3 Å². The lowest BCUT2D eigenvalue weighted by molar-refractivity contribution is -0.137. The second-order valence-corrected chi connectivity index (χ2v) is 5.19. The number of carboxylic acids is 1. The normalized spacial score (nSPS) is 22.4. The molecule has 1 heterocycles. The van der Waals surface area contributed by atoms with E-state index in [-0.39, 0.29) is 13.0 Å². The van der Waals surface area contributed by atoms with Gasteiger partial charge in [0.05, 0.1) is 5.54 Å². The van der Waals surface area contributed by atoms with Crippen LogP contribution in [-0.4, -0.2) is 29.3 Å². The number of rotatable bonds is 4. The quantitative estimate of drug-likeness (QED) is 0.922. The minimum atomic E-state index is -0.892.